The van der Waals surface area contributed by atoms with E-state index in [1.165, 1.54) is 17.3 Å². The van der Waals surface area contributed by atoms with Crippen molar-refractivity contribution in [3.8, 4) is 0 Å². The van der Waals surface area contributed by atoms with Gasteiger partial charge in [0.25, 0.3) is 0 Å². The van der Waals surface area contributed by atoms with E-state index in [1.807, 2.05) is 20.8 Å². The Morgan fingerprint density at radius 3 is 2.45 bits per heavy atom. The molecule has 0 saturated heterocycles. The van der Waals surface area contributed by atoms with Gasteiger partial charge in [-0.05, 0) is 51.4 Å². The van der Waals surface area contributed by atoms with Crippen molar-refractivity contribution in [3.63, 3.8) is 0 Å². The first kappa shape index (κ1) is 17.1. The molecule has 0 aromatic heterocycles. The highest BCUT2D eigenvalue weighted by Crippen LogP contribution is 2.19. The van der Waals surface area contributed by atoms with E-state index in [-0.39, 0.29) is 5.97 Å². The maximum Gasteiger partial charge on any atom is 0.316 e. The third-order valence-electron chi connectivity index (χ3n) is 2.46. The van der Waals surface area contributed by atoms with Crippen LogP contribution in [0.4, 0.5) is 0 Å². The van der Waals surface area contributed by atoms with Gasteiger partial charge in [0.2, 0.25) is 0 Å². The van der Waals surface area contributed by atoms with Crippen LogP contribution in [-0.2, 0) is 16.1 Å². The first-order chi connectivity index (χ1) is 9.40. The van der Waals surface area contributed by atoms with E-state index in [1.54, 1.807) is 0 Å². The van der Waals surface area contributed by atoms with Crippen molar-refractivity contribution in [3.05, 3.63) is 29.8 Å². The molecular weight excluding hydrogens is 270 g/mol. The molecule has 0 unspecified atom stereocenters. The first-order valence-corrected chi connectivity index (χ1v) is 8.03. The maximum atomic E-state index is 11.6. The quantitative estimate of drug-likeness (QED) is 0.474. The van der Waals surface area contributed by atoms with E-state index in [4.69, 9.17) is 4.74 Å². The van der Waals surface area contributed by atoms with Crippen molar-refractivity contribution in [2.24, 2.45) is 0 Å². The van der Waals surface area contributed by atoms with E-state index in [9.17, 15) is 4.79 Å². The third-order valence-corrected chi connectivity index (χ3v) is 3.44. The van der Waals surface area contributed by atoms with Crippen LogP contribution in [0.2, 0.25) is 0 Å². The number of carbonyl (C=O) groups excluding carboxylic acids is 1. The molecule has 0 aliphatic rings. The molecular formula is C16H25NO2S. The summed E-state index contributed by atoms with van der Waals surface area (Å²) in [6, 6.07) is 8.30. The first-order valence-electron chi connectivity index (χ1n) is 7.05. The number of nitrogens with one attached hydrogen (secondary N) is 1. The summed E-state index contributed by atoms with van der Waals surface area (Å²) in [6.07, 6.45) is 1.14. The predicted molar refractivity (Wildman–Crippen MR) is 85.0 cm³/mol. The van der Waals surface area contributed by atoms with E-state index >= 15 is 0 Å². The minimum absolute atomic E-state index is 0.170. The van der Waals surface area contributed by atoms with Gasteiger partial charge in [-0.2, -0.15) is 0 Å². The Morgan fingerprint density at radius 1 is 1.25 bits per heavy atom. The number of hydrogen-bond donors (Lipinski definition) is 1. The Kier molecular flexibility index (Phi) is 7.10. The van der Waals surface area contributed by atoms with Gasteiger partial charge in [0, 0.05) is 11.4 Å². The van der Waals surface area contributed by atoms with Crippen LogP contribution < -0.4 is 5.32 Å². The van der Waals surface area contributed by atoms with Crippen LogP contribution in [0.3, 0.4) is 0 Å². The van der Waals surface area contributed by atoms with Gasteiger partial charge in [0.05, 0.1) is 5.75 Å². The zero-order valence-corrected chi connectivity index (χ0v) is 13.7. The van der Waals surface area contributed by atoms with Crippen molar-refractivity contribution in [1.29, 1.82) is 0 Å². The molecule has 4 heteroatoms. The van der Waals surface area contributed by atoms with Crippen LogP contribution in [0.25, 0.3) is 0 Å². The van der Waals surface area contributed by atoms with Gasteiger partial charge < -0.3 is 10.1 Å². The highest BCUT2D eigenvalue weighted by Gasteiger charge is 2.16. The zero-order chi connectivity index (χ0) is 15.0. The topological polar surface area (TPSA) is 38.3 Å². The standard InChI is InChI=1S/C16H25NO2S/c1-5-10-17-11-13-6-8-14(9-7-13)20-12-15(18)19-16(2,3)4/h6-9,17H,5,10-12H2,1-4H3. The third kappa shape index (κ3) is 7.56. The summed E-state index contributed by atoms with van der Waals surface area (Å²) in [5, 5.41) is 3.37. The van der Waals surface area contributed by atoms with E-state index in [2.05, 4.69) is 36.5 Å². The van der Waals surface area contributed by atoms with Crippen molar-refractivity contribution in [1.82, 2.24) is 5.32 Å². The number of ether oxygens (including phenoxy) is 1. The van der Waals surface area contributed by atoms with Gasteiger partial charge in [-0.25, -0.2) is 0 Å². The molecule has 1 aromatic carbocycles. The summed E-state index contributed by atoms with van der Waals surface area (Å²) in [5.41, 5.74) is 0.854. The Hall–Kier alpha value is -1.00. The molecule has 0 spiro atoms. The largest absolute Gasteiger partial charge is 0.459 e. The normalized spacial score (nSPS) is 11.4. The van der Waals surface area contributed by atoms with Gasteiger partial charge in [-0.1, -0.05) is 19.1 Å². The number of benzene rings is 1. The van der Waals surface area contributed by atoms with E-state index < -0.39 is 5.60 Å². The molecule has 0 saturated carbocycles. The summed E-state index contributed by atoms with van der Waals surface area (Å²) < 4.78 is 5.28. The lowest BCUT2D eigenvalue weighted by molar-refractivity contribution is -0.151. The van der Waals surface area contributed by atoms with E-state index in [0.29, 0.717) is 5.75 Å². The molecule has 0 aliphatic heterocycles. The van der Waals surface area contributed by atoms with Crippen LogP contribution in [0.15, 0.2) is 29.2 Å². The fraction of sp³-hybridized carbons (Fsp3) is 0.562. The average molecular weight is 295 g/mol. The van der Waals surface area contributed by atoms with Gasteiger partial charge in [0.1, 0.15) is 5.60 Å². The molecule has 1 N–H and O–H groups in total. The molecule has 20 heavy (non-hydrogen) atoms. The van der Waals surface area contributed by atoms with E-state index in [0.717, 1.165) is 24.4 Å². The molecule has 0 fully saturated rings. The predicted octanol–water partition coefficient (Wildman–Crippen LogP) is 3.62. The fourth-order valence-electron chi connectivity index (χ4n) is 1.63. The molecule has 112 valence electrons. The molecule has 0 atom stereocenters. The summed E-state index contributed by atoms with van der Waals surface area (Å²) >= 11 is 1.51. The minimum Gasteiger partial charge on any atom is -0.459 e. The number of thioether (sulfide) groups is 1. The van der Waals surface area contributed by atoms with Crippen LogP contribution >= 0.6 is 11.8 Å². The lowest BCUT2D eigenvalue weighted by atomic mass is 10.2. The van der Waals surface area contributed by atoms with Crippen LogP contribution in [0.1, 0.15) is 39.7 Å². The molecule has 1 rings (SSSR count). The van der Waals surface area contributed by atoms with Crippen molar-refractivity contribution < 1.29 is 9.53 Å². The molecule has 0 heterocycles. The average Bonchev–Trinajstić information content (AvgIpc) is 2.36. The fourth-order valence-corrected chi connectivity index (χ4v) is 2.30. The van der Waals surface area contributed by atoms with Crippen LogP contribution in [-0.4, -0.2) is 23.9 Å². The molecule has 0 amide bonds. The van der Waals surface area contributed by atoms with Crippen molar-refractivity contribution in [2.45, 2.75) is 51.2 Å². The number of esters is 1. The van der Waals surface area contributed by atoms with Crippen LogP contribution in [0.5, 0.6) is 0 Å². The monoisotopic (exact) mass is 295 g/mol. The maximum absolute atomic E-state index is 11.6. The summed E-state index contributed by atoms with van der Waals surface area (Å²) in [7, 11) is 0. The second-order valence-corrected chi connectivity index (χ2v) is 6.74. The molecule has 0 bridgehead atoms. The van der Waals surface area contributed by atoms with Crippen LogP contribution in [0, 0.1) is 0 Å². The SMILES string of the molecule is CCCNCc1ccc(SCC(=O)OC(C)(C)C)cc1. The summed E-state index contributed by atoms with van der Waals surface area (Å²) in [4.78, 5) is 12.7. The highest BCUT2D eigenvalue weighted by atomic mass is 32.2. The Labute approximate surface area is 126 Å². The lowest BCUT2D eigenvalue weighted by Crippen LogP contribution is -2.24. The number of carbonyl (C=O) groups is 1. The van der Waals surface area contributed by atoms with Crippen molar-refractivity contribution >= 4 is 17.7 Å². The Bertz CT molecular complexity index is 409. The Balaban J connectivity index is 2.36. The number of hydrogen-bond acceptors (Lipinski definition) is 4. The summed E-state index contributed by atoms with van der Waals surface area (Å²) in [6.45, 7) is 9.73. The molecule has 3 nitrogen and oxygen atoms in total. The molecule has 0 aliphatic carbocycles. The molecule has 0 radical (unpaired) electrons. The second-order valence-electron chi connectivity index (χ2n) is 5.70. The van der Waals surface area contributed by atoms with Crippen molar-refractivity contribution in [2.75, 3.05) is 12.3 Å². The van der Waals surface area contributed by atoms with Gasteiger partial charge in [-0.15, -0.1) is 11.8 Å². The lowest BCUT2D eigenvalue weighted by Gasteiger charge is -2.19. The second kappa shape index (κ2) is 8.32. The number of rotatable bonds is 7. The van der Waals surface area contributed by atoms with Gasteiger partial charge >= 0.3 is 5.97 Å². The zero-order valence-electron chi connectivity index (χ0n) is 12.9. The van der Waals surface area contributed by atoms with Gasteiger partial charge in [0.15, 0.2) is 0 Å². The Morgan fingerprint density at radius 2 is 1.90 bits per heavy atom. The highest BCUT2D eigenvalue weighted by molar-refractivity contribution is 8.00. The summed E-state index contributed by atoms with van der Waals surface area (Å²) in [5.74, 6) is 0.182. The smallest absolute Gasteiger partial charge is 0.316 e. The molecule has 1 aromatic rings. The minimum atomic E-state index is -0.410. The van der Waals surface area contributed by atoms with Gasteiger partial charge in [-0.3, -0.25) is 4.79 Å².